The van der Waals surface area contributed by atoms with E-state index in [0.29, 0.717) is 0 Å². The minimum Gasteiger partial charge on any atom is -0.310 e. The van der Waals surface area contributed by atoms with Crippen molar-refractivity contribution in [3.63, 3.8) is 0 Å². The largest absolute Gasteiger partial charge is 0.310 e. The molecule has 14 rings (SSSR count). The van der Waals surface area contributed by atoms with Crippen LogP contribution in [0.5, 0.6) is 0 Å². The third-order valence-electron chi connectivity index (χ3n) is 15.8. The molecule has 0 bridgehead atoms. The number of hydrogen-bond acceptors (Lipinski definition) is 2. The maximum atomic E-state index is 2.49. The van der Waals surface area contributed by atoms with E-state index in [-0.39, 0.29) is 5.41 Å². The highest BCUT2D eigenvalue weighted by Crippen LogP contribution is 2.57. The highest BCUT2D eigenvalue weighted by atomic mass is 15.2. The number of nitrogens with zero attached hydrogens (tertiary/aromatic N) is 2. The first-order chi connectivity index (χ1) is 37.0. The summed E-state index contributed by atoms with van der Waals surface area (Å²) in [6.07, 6.45) is 0. The van der Waals surface area contributed by atoms with Gasteiger partial charge in [0.1, 0.15) is 0 Å². The molecule has 0 spiro atoms. The average Bonchev–Trinajstić information content (AvgIpc) is 3.49. The first-order valence-corrected chi connectivity index (χ1v) is 26.1. The first kappa shape index (κ1) is 44.2. The van der Waals surface area contributed by atoms with Crippen molar-refractivity contribution in [2.75, 3.05) is 9.80 Å². The zero-order chi connectivity index (χ0) is 50.0. The van der Waals surface area contributed by atoms with Crippen molar-refractivity contribution in [1.82, 2.24) is 0 Å². The average molecular weight is 957 g/mol. The highest BCUT2D eigenvalue weighted by Gasteiger charge is 2.37. The number of benzene rings is 13. The summed E-state index contributed by atoms with van der Waals surface area (Å²) >= 11 is 0. The molecule has 0 aliphatic heterocycles. The minimum absolute atomic E-state index is 0.366. The van der Waals surface area contributed by atoms with Gasteiger partial charge in [-0.1, -0.05) is 238 Å². The van der Waals surface area contributed by atoms with Gasteiger partial charge in [-0.2, -0.15) is 0 Å². The molecule has 0 N–H and O–H groups in total. The van der Waals surface area contributed by atoms with Crippen molar-refractivity contribution >= 4 is 77.2 Å². The van der Waals surface area contributed by atoms with E-state index in [1.54, 1.807) is 0 Å². The van der Waals surface area contributed by atoms with Crippen LogP contribution in [0.2, 0.25) is 0 Å². The maximum absolute atomic E-state index is 2.49. The topological polar surface area (TPSA) is 6.48 Å². The molecule has 0 heterocycles. The van der Waals surface area contributed by atoms with Gasteiger partial charge in [-0.15, -0.1) is 0 Å². The Labute approximate surface area is 438 Å². The van der Waals surface area contributed by atoms with Crippen LogP contribution < -0.4 is 9.80 Å². The number of hydrogen-bond donors (Lipinski definition) is 0. The monoisotopic (exact) mass is 956 g/mol. The van der Waals surface area contributed by atoms with Crippen molar-refractivity contribution in [3.8, 4) is 44.5 Å². The molecule has 0 amide bonds. The van der Waals surface area contributed by atoms with E-state index in [0.717, 1.165) is 34.1 Å². The second-order valence-electron chi connectivity index (χ2n) is 20.4. The maximum Gasteiger partial charge on any atom is 0.0540 e. The number of fused-ring (bicyclic) bond motifs is 6. The minimum atomic E-state index is -0.366. The smallest absolute Gasteiger partial charge is 0.0540 e. The summed E-state index contributed by atoms with van der Waals surface area (Å²) in [7, 11) is 0. The van der Waals surface area contributed by atoms with Crippen LogP contribution in [0.25, 0.3) is 87.6 Å². The van der Waals surface area contributed by atoms with Crippen molar-refractivity contribution in [3.05, 3.63) is 290 Å². The Morgan fingerprint density at radius 1 is 0.267 bits per heavy atom. The van der Waals surface area contributed by atoms with Crippen LogP contribution in [-0.4, -0.2) is 0 Å². The van der Waals surface area contributed by atoms with Gasteiger partial charge in [0.15, 0.2) is 0 Å². The molecule has 1 aliphatic carbocycles. The zero-order valence-corrected chi connectivity index (χ0v) is 42.0. The lowest BCUT2D eigenvalue weighted by Gasteiger charge is -2.38. The molecule has 75 heavy (non-hydrogen) atoms. The summed E-state index contributed by atoms with van der Waals surface area (Å²) < 4.78 is 0. The molecule has 13 aromatic carbocycles. The number of anilines is 6. The Kier molecular flexibility index (Phi) is 10.6. The summed E-state index contributed by atoms with van der Waals surface area (Å²) in [5, 5.41) is 9.85. The fraction of sp³-hybridized carbons (Fsp3) is 0.0411. The second-order valence-corrected chi connectivity index (χ2v) is 20.4. The Balaban J connectivity index is 1.03. The third kappa shape index (κ3) is 7.32. The first-order valence-electron chi connectivity index (χ1n) is 26.1. The molecule has 0 fully saturated rings. The molecule has 0 saturated heterocycles. The van der Waals surface area contributed by atoms with E-state index in [2.05, 4.69) is 303 Å². The van der Waals surface area contributed by atoms with Gasteiger partial charge < -0.3 is 9.80 Å². The van der Waals surface area contributed by atoms with E-state index in [1.807, 2.05) is 0 Å². The molecule has 0 aromatic heterocycles. The molecule has 1 aliphatic rings. The lowest BCUT2D eigenvalue weighted by molar-refractivity contribution is 0.645. The number of rotatable bonds is 9. The van der Waals surface area contributed by atoms with Crippen LogP contribution in [-0.2, 0) is 5.41 Å². The Hall–Kier alpha value is -9.50. The lowest BCUT2D eigenvalue weighted by Crippen LogP contribution is -2.25. The van der Waals surface area contributed by atoms with E-state index in [4.69, 9.17) is 0 Å². The van der Waals surface area contributed by atoms with E-state index < -0.39 is 0 Å². The Morgan fingerprint density at radius 2 is 0.773 bits per heavy atom. The fourth-order valence-electron chi connectivity index (χ4n) is 12.3. The normalized spacial score (nSPS) is 12.5. The van der Waals surface area contributed by atoms with E-state index in [9.17, 15) is 0 Å². The summed E-state index contributed by atoms with van der Waals surface area (Å²) in [4.78, 5) is 4.96. The fourth-order valence-corrected chi connectivity index (χ4v) is 12.3. The van der Waals surface area contributed by atoms with Crippen LogP contribution in [0.1, 0.15) is 25.0 Å². The van der Waals surface area contributed by atoms with Gasteiger partial charge in [-0.05, 0) is 137 Å². The molecule has 354 valence electrons. The van der Waals surface area contributed by atoms with Crippen LogP contribution in [0.15, 0.2) is 279 Å². The van der Waals surface area contributed by atoms with Gasteiger partial charge in [-0.3, -0.25) is 0 Å². The molecule has 2 heteroatoms. The van der Waals surface area contributed by atoms with Crippen molar-refractivity contribution < 1.29 is 0 Å². The van der Waals surface area contributed by atoms with Crippen LogP contribution >= 0.6 is 0 Å². The molecule has 13 aromatic rings. The summed E-state index contributed by atoms with van der Waals surface area (Å²) in [6.45, 7) is 4.86. The predicted octanol–water partition coefficient (Wildman–Crippen LogP) is 20.5. The predicted molar refractivity (Wildman–Crippen MR) is 320 cm³/mol. The molecule has 0 saturated carbocycles. The van der Waals surface area contributed by atoms with Crippen molar-refractivity contribution in [1.29, 1.82) is 0 Å². The van der Waals surface area contributed by atoms with E-state index >= 15 is 0 Å². The summed E-state index contributed by atoms with van der Waals surface area (Å²) in [5.74, 6) is 0. The molecular weight excluding hydrogens is 905 g/mol. The molecule has 0 radical (unpaired) electrons. The van der Waals surface area contributed by atoms with Gasteiger partial charge in [0.05, 0.1) is 17.1 Å². The Morgan fingerprint density at radius 3 is 1.49 bits per heavy atom. The van der Waals surface area contributed by atoms with Gasteiger partial charge in [0.25, 0.3) is 0 Å². The van der Waals surface area contributed by atoms with Crippen LogP contribution in [0.4, 0.5) is 34.1 Å². The van der Waals surface area contributed by atoms with Gasteiger partial charge in [0.2, 0.25) is 0 Å². The standard InChI is InChI=1S/C73H52N2/c1-73(2)65-36-21-35-61-64-47-56(75(69-39-20-31-52-27-14-15-32-60(52)69)68-38-19-17-34-59(68)51-25-8-4-9-26-51)42-44-62(64)70(53-28-10-5-11-29-53)72(71(61)65)63-45-43-57(48-66(63)73)74(55-41-40-49-22-12-13-30-54(49)46-55)67-37-18-16-33-58(67)50-23-6-3-7-24-50/h3-48H,1-2H3. The van der Waals surface area contributed by atoms with Crippen molar-refractivity contribution in [2.45, 2.75) is 19.3 Å². The second kappa shape index (κ2) is 17.9. The van der Waals surface area contributed by atoms with Gasteiger partial charge in [-0.25, -0.2) is 0 Å². The highest BCUT2D eigenvalue weighted by molar-refractivity contribution is 6.24. The van der Waals surface area contributed by atoms with Crippen LogP contribution in [0, 0.1) is 0 Å². The molecular formula is C73H52N2. The quantitative estimate of drug-likeness (QED) is 0.133. The third-order valence-corrected chi connectivity index (χ3v) is 15.8. The van der Waals surface area contributed by atoms with Gasteiger partial charge in [0, 0.05) is 39.0 Å². The van der Waals surface area contributed by atoms with Crippen molar-refractivity contribution in [2.24, 2.45) is 0 Å². The lowest BCUT2D eigenvalue weighted by atomic mass is 9.66. The summed E-state index contributed by atoms with van der Waals surface area (Å²) in [5.41, 5.74) is 18.7. The zero-order valence-electron chi connectivity index (χ0n) is 42.0. The Bertz CT molecular complexity index is 4320. The SMILES string of the molecule is CC1(C)c2cc(N(c3ccc4ccccc4c3)c3ccccc3-c3ccccc3)ccc2-c2c(-c3ccccc3)c3ccc(N(c4ccccc4-c4ccccc4)c4cccc5ccccc45)cc3c3cccc1c23. The molecule has 0 unspecified atom stereocenters. The van der Waals surface area contributed by atoms with Crippen LogP contribution in [0.3, 0.4) is 0 Å². The van der Waals surface area contributed by atoms with Gasteiger partial charge >= 0.3 is 0 Å². The molecule has 0 atom stereocenters. The number of para-hydroxylation sites is 2. The summed E-state index contributed by atoms with van der Waals surface area (Å²) in [6, 6.07) is 103. The van der Waals surface area contributed by atoms with E-state index in [1.165, 1.54) is 98.7 Å². The molecule has 2 nitrogen and oxygen atoms in total.